The molecule has 49 heavy (non-hydrogen) atoms. The highest BCUT2D eigenvalue weighted by atomic mass is 32.1. The molecule has 0 radical (unpaired) electrons. The van der Waals surface area contributed by atoms with E-state index in [-0.39, 0.29) is 0 Å². The van der Waals surface area contributed by atoms with E-state index in [1.165, 1.54) is 63.9 Å². The molecule has 0 aliphatic heterocycles. The van der Waals surface area contributed by atoms with Crippen LogP contribution < -0.4 is 4.90 Å². The summed E-state index contributed by atoms with van der Waals surface area (Å²) in [5, 5.41) is 7.62. The van der Waals surface area contributed by atoms with E-state index < -0.39 is 0 Å². The highest BCUT2D eigenvalue weighted by molar-refractivity contribution is 7.25. The predicted octanol–water partition coefficient (Wildman–Crippen LogP) is 13.4. The molecule has 0 bridgehead atoms. The fraction of sp³-hybridized carbons (Fsp3) is 0. The Morgan fingerprint density at radius 1 is 0.429 bits per heavy atom. The summed E-state index contributed by atoms with van der Waals surface area (Å²) in [5.41, 5.74) is 9.46. The van der Waals surface area contributed by atoms with Crippen molar-refractivity contribution in [2.24, 2.45) is 0 Å². The number of benzene rings is 8. The van der Waals surface area contributed by atoms with Crippen LogP contribution >= 0.6 is 11.3 Å². The first kappa shape index (κ1) is 27.9. The van der Waals surface area contributed by atoms with E-state index in [1.54, 1.807) is 0 Å². The van der Waals surface area contributed by atoms with Crippen molar-refractivity contribution in [3.05, 3.63) is 182 Å². The molecule has 2 aromatic heterocycles. The van der Waals surface area contributed by atoms with Crippen LogP contribution in [0.4, 0.5) is 17.1 Å². The molecule has 0 saturated heterocycles. The molecule has 0 unspecified atom stereocenters. The summed E-state index contributed by atoms with van der Waals surface area (Å²) in [5.74, 6) is 0. The topological polar surface area (TPSA) is 8.17 Å². The lowest BCUT2D eigenvalue weighted by atomic mass is 9.99. The highest BCUT2D eigenvalue weighted by Gasteiger charge is 2.18. The quantitative estimate of drug-likeness (QED) is 0.181. The lowest BCUT2D eigenvalue weighted by molar-refractivity contribution is 1.19. The maximum Gasteiger partial charge on any atom is 0.0620 e. The third-order valence-electron chi connectivity index (χ3n) is 9.76. The number of hydrogen-bond acceptors (Lipinski definition) is 2. The smallest absolute Gasteiger partial charge is 0.0620 e. The van der Waals surface area contributed by atoms with Gasteiger partial charge in [-0.2, -0.15) is 0 Å². The first-order valence-electron chi connectivity index (χ1n) is 16.7. The second-order valence-corrected chi connectivity index (χ2v) is 13.6. The molecule has 3 heteroatoms. The number of nitrogens with zero attached hydrogens (tertiary/aromatic N) is 2. The van der Waals surface area contributed by atoms with Crippen molar-refractivity contribution in [1.29, 1.82) is 0 Å². The predicted molar refractivity (Wildman–Crippen MR) is 211 cm³/mol. The van der Waals surface area contributed by atoms with Gasteiger partial charge >= 0.3 is 0 Å². The lowest BCUT2D eigenvalue weighted by Gasteiger charge is -2.26. The molecule has 0 spiro atoms. The maximum atomic E-state index is 2.42. The second-order valence-electron chi connectivity index (χ2n) is 12.6. The van der Waals surface area contributed by atoms with Gasteiger partial charge in [0.15, 0.2) is 0 Å². The molecule has 10 aromatic rings. The van der Waals surface area contributed by atoms with E-state index in [9.17, 15) is 0 Å². The Bertz CT molecular complexity index is 2810. The minimum atomic E-state index is 1.12. The Morgan fingerprint density at radius 3 is 1.92 bits per heavy atom. The highest BCUT2D eigenvalue weighted by Crippen LogP contribution is 2.43. The van der Waals surface area contributed by atoms with E-state index in [0.717, 1.165) is 22.7 Å². The van der Waals surface area contributed by atoms with Crippen molar-refractivity contribution >= 4 is 81.1 Å². The van der Waals surface area contributed by atoms with Crippen LogP contribution in [-0.4, -0.2) is 4.57 Å². The minimum Gasteiger partial charge on any atom is -0.310 e. The molecular weight excluding hydrogens is 613 g/mol. The number of anilines is 3. The Morgan fingerprint density at radius 2 is 1.08 bits per heavy atom. The van der Waals surface area contributed by atoms with Crippen molar-refractivity contribution < 1.29 is 0 Å². The number of para-hydroxylation sites is 3. The molecular formula is C46H30N2S. The zero-order chi connectivity index (χ0) is 32.3. The van der Waals surface area contributed by atoms with E-state index >= 15 is 0 Å². The Labute approximate surface area is 288 Å². The van der Waals surface area contributed by atoms with Gasteiger partial charge in [0, 0.05) is 59.1 Å². The third kappa shape index (κ3) is 4.47. The lowest BCUT2D eigenvalue weighted by Crippen LogP contribution is -2.09. The number of thiophene rings is 1. The SMILES string of the molecule is c1ccc(N(c2ccc(-c3cccc4sc5ccccc5c34)cc2)c2ccc3ccc4c5ccccc5n(-c5ccccc5)c4c3c2)cc1. The van der Waals surface area contributed by atoms with Crippen LogP contribution in [0.2, 0.25) is 0 Å². The maximum absolute atomic E-state index is 2.42. The fourth-order valence-corrected chi connectivity index (χ4v) is 8.71. The van der Waals surface area contributed by atoms with Crippen molar-refractivity contribution in [3.63, 3.8) is 0 Å². The van der Waals surface area contributed by atoms with Crippen molar-refractivity contribution in [1.82, 2.24) is 4.57 Å². The van der Waals surface area contributed by atoms with Gasteiger partial charge in [0.25, 0.3) is 0 Å². The Kier molecular flexibility index (Phi) is 6.39. The van der Waals surface area contributed by atoms with Gasteiger partial charge < -0.3 is 9.47 Å². The van der Waals surface area contributed by atoms with Crippen LogP contribution in [-0.2, 0) is 0 Å². The van der Waals surface area contributed by atoms with Crippen molar-refractivity contribution in [3.8, 4) is 16.8 Å². The number of rotatable bonds is 5. The minimum absolute atomic E-state index is 1.12. The summed E-state index contributed by atoms with van der Waals surface area (Å²) in [6.45, 7) is 0. The zero-order valence-corrected chi connectivity index (χ0v) is 27.4. The van der Waals surface area contributed by atoms with Crippen LogP contribution in [0.5, 0.6) is 0 Å². The van der Waals surface area contributed by atoms with Crippen molar-refractivity contribution in [2.45, 2.75) is 0 Å². The number of hydrogen-bond donors (Lipinski definition) is 0. The average molecular weight is 643 g/mol. The van der Waals surface area contributed by atoms with Crippen LogP contribution in [0.25, 0.3) is 69.6 Å². The molecule has 0 N–H and O–H groups in total. The molecule has 0 atom stereocenters. The number of fused-ring (bicyclic) bond motifs is 8. The van der Waals surface area contributed by atoms with Crippen LogP contribution in [0.3, 0.4) is 0 Å². The number of aromatic nitrogens is 1. The van der Waals surface area contributed by atoms with Gasteiger partial charge in [0.05, 0.1) is 11.0 Å². The molecule has 2 nitrogen and oxygen atoms in total. The molecule has 8 aromatic carbocycles. The first-order valence-corrected chi connectivity index (χ1v) is 17.5. The van der Waals surface area contributed by atoms with Gasteiger partial charge in [-0.15, -0.1) is 11.3 Å². The van der Waals surface area contributed by atoms with E-state index in [1.807, 2.05) is 11.3 Å². The van der Waals surface area contributed by atoms with Gasteiger partial charge in [0.1, 0.15) is 0 Å². The average Bonchev–Trinajstić information content (AvgIpc) is 3.72. The summed E-state index contributed by atoms with van der Waals surface area (Å²) >= 11 is 1.87. The third-order valence-corrected chi connectivity index (χ3v) is 10.9. The first-order chi connectivity index (χ1) is 24.3. The molecule has 0 aliphatic carbocycles. The standard InChI is InChI=1S/C46H30N2S/c1-3-12-33(13-4-1)47(35-26-22-31(23-27-35)37-18-11-21-44-45(37)40-17-8-10-20-43(40)49-44)36-28-24-32-25-29-39-38-16-7-9-19-42(38)48(46(39)41(32)30-36)34-14-5-2-6-15-34/h1-30H. The summed E-state index contributed by atoms with van der Waals surface area (Å²) in [4.78, 5) is 2.37. The Balaban J connectivity index is 1.17. The summed E-state index contributed by atoms with van der Waals surface area (Å²) in [7, 11) is 0. The van der Waals surface area contributed by atoms with Gasteiger partial charge in [-0.3, -0.25) is 0 Å². The fourth-order valence-electron chi connectivity index (χ4n) is 7.58. The molecule has 0 amide bonds. The monoisotopic (exact) mass is 642 g/mol. The summed E-state index contributed by atoms with van der Waals surface area (Å²) in [6.07, 6.45) is 0. The molecule has 0 aliphatic rings. The van der Waals surface area contributed by atoms with Crippen LogP contribution in [0, 0.1) is 0 Å². The van der Waals surface area contributed by atoms with E-state index in [2.05, 4.69) is 191 Å². The molecule has 0 saturated carbocycles. The van der Waals surface area contributed by atoms with Crippen LogP contribution in [0.1, 0.15) is 0 Å². The summed E-state index contributed by atoms with van der Waals surface area (Å²) in [6, 6.07) is 66.1. The van der Waals surface area contributed by atoms with Crippen LogP contribution in [0.15, 0.2) is 182 Å². The van der Waals surface area contributed by atoms with E-state index in [0.29, 0.717) is 0 Å². The molecule has 10 rings (SSSR count). The molecule has 0 fully saturated rings. The zero-order valence-electron chi connectivity index (χ0n) is 26.6. The molecule has 230 valence electrons. The molecule has 2 heterocycles. The normalized spacial score (nSPS) is 11.7. The van der Waals surface area contributed by atoms with Gasteiger partial charge in [-0.25, -0.2) is 0 Å². The summed E-state index contributed by atoms with van der Waals surface area (Å²) < 4.78 is 5.07. The second kappa shape index (κ2) is 11.2. The van der Waals surface area contributed by atoms with Gasteiger partial charge in [0.2, 0.25) is 0 Å². The largest absolute Gasteiger partial charge is 0.310 e. The van der Waals surface area contributed by atoms with E-state index in [4.69, 9.17) is 0 Å². The van der Waals surface area contributed by atoms with Gasteiger partial charge in [-0.1, -0.05) is 115 Å². The Hall–Kier alpha value is -6.16. The van der Waals surface area contributed by atoms with Gasteiger partial charge in [-0.05, 0) is 83.2 Å². The van der Waals surface area contributed by atoms with Crippen molar-refractivity contribution in [2.75, 3.05) is 4.90 Å².